The van der Waals surface area contributed by atoms with E-state index in [9.17, 15) is 4.79 Å². The van der Waals surface area contributed by atoms with Crippen LogP contribution in [0.15, 0.2) is 18.2 Å². The lowest BCUT2D eigenvalue weighted by Crippen LogP contribution is -2.47. The first-order valence-corrected chi connectivity index (χ1v) is 5.38. The Labute approximate surface area is 98.0 Å². The summed E-state index contributed by atoms with van der Waals surface area (Å²) < 4.78 is 0. The monoisotopic (exact) mass is 244 g/mol. The highest BCUT2D eigenvalue weighted by molar-refractivity contribution is 6.35. The molecule has 1 heterocycles. The number of nitrogens with one attached hydrogen (secondary N) is 1. The summed E-state index contributed by atoms with van der Waals surface area (Å²) in [6.45, 7) is 1.79. The Hall–Kier alpha value is -0.930. The maximum atomic E-state index is 11.2. The molecule has 80 valence electrons. The largest absolute Gasteiger partial charge is 0.360 e. The average Bonchev–Trinajstić information content (AvgIpc) is 2.16. The van der Waals surface area contributed by atoms with E-state index in [1.54, 1.807) is 6.07 Å². The van der Waals surface area contributed by atoms with Crippen LogP contribution in [0.1, 0.15) is 0 Å². The van der Waals surface area contributed by atoms with E-state index in [0.717, 1.165) is 12.2 Å². The van der Waals surface area contributed by atoms with Crippen molar-refractivity contribution in [3.63, 3.8) is 0 Å². The quantitative estimate of drug-likeness (QED) is 0.819. The molecule has 0 spiro atoms. The fourth-order valence-corrected chi connectivity index (χ4v) is 2.10. The maximum Gasteiger partial charge on any atom is 0.239 e. The van der Waals surface area contributed by atoms with Gasteiger partial charge in [-0.25, -0.2) is 0 Å². The minimum atomic E-state index is 0.0253. The lowest BCUT2D eigenvalue weighted by molar-refractivity contribution is -0.120. The maximum absolute atomic E-state index is 11.2. The molecular weight excluding hydrogens is 235 g/mol. The number of halogens is 2. The second-order valence-corrected chi connectivity index (χ2v) is 4.27. The van der Waals surface area contributed by atoms with Gasteiger partial charge in [-0.15, -0.1) is 0 Å². The Bertz CT molecular complexity index is 375. The molecule has 15 heavy (non-hydrogen) atoms. The zero-order chi connectivity index (χ0) is 10.8. The SMILES string of the molecule is O=C1CN(c2cc(Cl)cc(Cl)c2)CCN1. The molecule has 1 aliphatic heterocycles. The lowest BCUT2D eigenvalue weighted by atomic mass is 10.2. The first-order valence-electron chi connectivity index (χ1n) is 4.63. The van der Waals surface area contributed by atoms with E-state index in [1.165, 1.54) is 0 Å². The molecule has 1 aliphatic rings. The topological polar surface area (TPSA) is 32.3 Å². The van der Waals surface area contributed by atoms with Crippen LogP contribution in [0, 0.1) is 0 Å². The molecule has 0 bridgehead atoms. The number of benzene rings is 1. The fourth-order valence-electron chi connectivity index (χ4n) is 1.58. The Kier molecular flexibility index (Phi) is 3.03. The number of piperazine rings is 1. The molecule has 1 amide bonds. The predicted octanol–water partition coefficient (Wildman–Crippen LogP) is 1.93. The van der Waals surface area contributed by atoms with Gasteiger partial charge in [-0.1, -0.05) is 23.2 Å². The second-order valence-electron chi connectivity index (χ2n) is 3.40. The summed E-state index contributed by atoms with van der Waals surface area (Å²) in [5.74, 6) is 0.0253. The summed E-state index contributed by atoms with van der Waals surface area (Å²) in [7, 11) is 0. The van der Waals surface area contributed by atoms with Crippen LogP contribution in [0.2, 0.25) is 10.0 Å². The van der Waals surface area contributed by atoms with E-state index < -0.39 is 0 Å². The van der Waals surface area contributed by atoms with Crippen LogP contribution in [-0.4, -0.2) is 25.5 Å². The van der Waals surface area contributed by atoms with Gasteiger partial charge in [0.25, 0.3) is 0 Å². The van der Waals surface area contributed by atoms with Crippen LogP contribution in [0.3, 0.4) is 0 Å². The van der Waals surface area contributed by atoms with Gasteiger partial charge in [-0.05, 0) is 18.2 Å². The van der Waals surface area contributed by atoms with Crippen LogP contribution in [0.25, 0.3) is 0 Å². The van der Waals surface area contributed by atoms with Crippen molar-refractivity contribution in [3.8, 4) is 0 Å². The van der Waals surface area contributed by atoms with Gasteiger partial charge in [0, 0.05) is 28.8 Å². The Morgan fingerprint density at radius 2 is 1.87 bits per heavy atom. The number of amides is 1. The third-order valence-electron chi connectivity index (χ3n) is 2.25. The van der Waals surface area contributed by atoms with Crippen molar-refractivity contribution < 1.29 is 4.79 Å². The smallest absolute Gasteiger partial charge is 0.239 e. The highest BCUT2D eigenvalue weighted by Gasteiger charge is 2.16. The number of carbonyl (C=O) groups excluding carboxylic acids is 1. The van der Waals surface area contributed by atoms with Gasteiger partial charge in [0.1, 0.15) is 0 Å². The summed E-state index contributed by atoms with van der Waals surface area (Å²) in [5.41, 5.74) is 0.891. The third-order valence-corrected chi connectivity index (χ3v) is 2.69. The highest BCUT2D eigenvalue weighted by atomic mass is 35.5. The molecule has 0 radical (unpaired) electrons. The molecule has 0 aromatic heterocycles. The van der Waals surface area contributed by atoms with Crippen molar-refractivity contribution in [1.82, 2.24) is 5.32 Å². The van der Waals surface area contributed by atoms with Gasteiger partial charge in [0.05, 0.1) is 6.54 Å². The Morgan fingerprint density at radius 3 is 2.47 bits per heavy atom. The highest BCUT2D eigenvalue weighted by Crippen LogP contribution is 2.25. The van der Waals surface area contributed by atoms with Crippen LogP contribution in [0.4, 0.5) is 5.69 Å². The molecule has 1 N–H and O–H groups in total. The standard InChI is InChI=1S/C10H10Cl2N2O/c11-7-3-8(12)5-9(4-7)14-2-1-13-10(15)6-14/h3-5H,1-2,6H2,(H,13,15). The second kappa shape index (κ2) is 4.29. The molecule has 3 nitrogen and oxygen atoms in total. The van der Waals surface area contributed by atoms with Gasteiger partial charge < -0.3 is 10.2 Å². The van der Waals surface area contributed by atoms with Crippen LogP contribution in [-0.2, 0) is 4.79 Å². The van der Waals surface area contributed by atoms with Gasteiger partial charge in [-0.3, -0.25) is 4.79 Å². The molecule has 0 aliphatic carbocycles. The van der Waals surface area contributed by atoms with Gasteiger partial charge >= 0.3 is 0 Å². The molecule has 1 fully saturated rings. The van der Waals surface area contributed by atoms with E-state index in [4.69, 9.17) is 23.2 Å². The Balaban J connectivity index is 2.24. The average molecular weight is 245 g/mol. The molecule has 1 aromatic carbocycles. The zero-order valence-corrected chi connectivity index (χ0v) is 9.48. The number of rotatable bonds is 1. The fraction of sp³-hybridized carbons (Fsp3) is 0.300. The van der Waals surface area contributed by atoms with Crippen LogP contribution in [0.5, 0.6) is 0 Å². The van der Waals surface area contributed by atoms with E-state index in [1.807, 2.05) is 17.0 Å². The van der Waals surface area contributed by atoms with E-state index >= 15 is 0 Å². The summed E-state index contributed by atoms with van der Waals surface area (Å²) in [5, 5.41) is 3.94. The summed E-state index contributed by atoms with van der Waals surface area (Å²) in [6.07, 6.45) is 0. The molecule has 1 aromatic rings. The van der Waals surface area contributed by atoms with E-state index in [0.29, 0.717) is 23.1 Å². The number of anilines is 1. The molecule has 1 saturated heterocycles. The molecule has 0 unspecified atom stereocenters. The lowest BCUT2D eigenvalue weighted by Gasteiger charge is -2.28. The molecular formula is C10H10Cl2N2O. The summed E-state index contributed by atoms with van der Waals surface area (Å²) in [4.78, 5) is 13.2. The molecule has 0 atom stereocenters. The molecule has 0 saturated carbocycles. The van der Waals surface area contributed by atoms with Crippen molar-refractivity contribution in [2.45, 2.75) is 0 Å². The first kappa shape index (κ1) is 10.6. The number of hydrogen-bond donors (Lipinski definition) is 1. The Morgan fingerprint density at radius 1 is 1.20 bits per heavy atom. The molecule has 5 heteroatoms. The summed E-state index contributed by atoms with van der Waals surface area (Å²) in [6, 6.07) is 5.30. The van der Waals surface area contributed by atoms with Crippen molar-refractivity contribution >= 4 is 34.8 Å². The summed E-state index contributed by atoms with van der Waals surface area (Å²) >= 11 is 11.8. The third kappa shape index (κ3) is 2.55. The molecule has 2 rings (SSSR count). The van der Waals surface area contributed by atoms with Crippen molar-refractivity contribution in [1.29, 1.82) is 0 Å². The number of nitrogens with zero attached hydrogens (tertiary/aromatic N) is 1. The van der Waals surface area contributed by atoms with E-state index in [2.05, 4.69) is 5.32 Å². The van der Waals surface area contributed by atoms with Crippen molar-refractivity contribution in [3.05, 3.63) is 28.2 Å². The van der Waals surface area contributed by atoms with Crippen LogP contribution >= 0.6 is 23.2 Å². The van der Waals surface area contributed by atoms with Crippen LogP contribution < -0.4 is 10.2 Å². The van der Waals surface area contributed by atoms with Gasteiger partial charge in [0.2, 0.25) is 5.91 Å². The van der Waals surface area contributed by atoms with Gasteiger partial charge in [-0.2, -0.15) is 0 Å². The minimum absolute atomic E-state index is 0.0253. The zero-order valence-electron chi connectivity index (χ0n) is 7.96. The number of carbonyl (C=O) groups is 1. The predicted molar refractivity (Wildman–Crippen MR) is 61.7 cm³/mol. The number of hydrogen-bond acceptors (Lipinski definition) is 2. The van der Waals surface area contributed by atoms with Crippen molar-refractivity contribution in [2.75, 3.05) is 24.5 Å². The van der Waals surface area contributed by atoms with Gasteiger partial charge in [0.15, 0.2) is 0 Å². The normalized spacial score (nSPS) is 16.4. The van der Waals surface area contributed by atoms with Crippen molar-refractivity contribution in [2.24, 2.45) is 0 Å². The van der Waals surface area contributed by atoms with E-state index in [-0.39, 0.29) is 5.91 Å². The first-order chi connectivity index (χ1) is 7.15. The minimum Gasteiger partial charge on any atom is -0.360 e.